The van der Waals surface area contributed by atoms with Crippen LogP contribution < -0.4 is 14.8 Å². The molecule has 1 atom stereocenters. The molecular formula is C18H17FN2O2. The van der Waals surface area contributed by atoms with E-state index in [1.165, 1.54) is 18.3 Å². The summed E-state index contributed by atoms with van der Waals surface area (Å²) in [6.45, 7) is 0. The normalized spacial score (nSPS) is 20.3. The van der Waals surface area contributed by atoms with E-state index in [0.29, 0.717) is 17.1 Å². The summed E-state index contributed by atoms with van der Waals surface area (Å²) in [4.78, 5) is 4.16. The molecule has 0 saturated carbocycles. The Morgan fingerprint density at radius 2 is 1.96 bits per heavy atom. The second-order valence-corrected chi connectivity index (χ2v) is 4.93. The van der Waals surface area contributed by atoms with Crippen molar-refractivity contribution in [3.05, 3.63) is 66.4 Å². The van der Waals surface area contributed by atoms with Crippen molar-refractivity contribution >= 4 is 0 Å². The number of hydrogen-bond donors (Lipinski definition) is 1. The number of benzene rings is 1. The zero-order valence-electron chi connectivity index (χ0n) is 13.8. The summed E-state index contributed by atoms with van der Waals surface area (Å²) in [6.07, 6.45) is 7.48. The van der Waals surface area contributed by atoms with Gasteiger partial charge in [-0.2, -0.15) is 0 Å². The molecular weight excluding hydrogens is 295 g/mol. The number of rotatable bonds is 4. The quantitative estimate of drug-likeness (QED) is 0.933. The molecule has 0 radical (unpaired) electrons. The number of dihydropyridines is 1. The van der Waals surface area contributed by atoms with Gasteiger partial charge in [0.1, 0.15) is 11.8 Å². The Bertz CT molecular complexity index is 822. The minimum absolute atomic E-state index is 0.410. The second-order valence-electron chi connectivity index (χ2n) is 4.93. The first-order valence-corrected chi connectivity index (χ1v) is 7.07. The lowest BCUT2D eigenvalue weighted by molar-refractivity contribution is 0.355. The Morgan fingerprint density at radius 3 is 2.70 bits per heavy atom. The van der Waals surface area contributed by atoms with E-state index in [2.05, 4.69) is 10.3 Å². The van der Waals surface area contributed by atoms with E-state index in [-0.39, 0.29) is 0 Å². The standard InChI is InChI=1S/C18H17FN2O2/c1-22-16-6-5-12(9-17(16)23-2)13-8-14(11-20-10-13)18-15(19)4-3-7-21-18/h3-11,18,21H,1-2H3/i18D. The van der Waals surface area contributed by atoms with Crippen molar-refractivity contribution < 1.29 is 15.2 Å². The average molecular weight is 313 g/mol. The molecule has 0 spiro atoms. The minimum atomic E-state index is -1.67. The second kappa shape index (κ2) is 6.52. The Balaban J connectivity index is 2.03. The highest BCUT2D eigenvalue weighted by atomic mass is 19.1. The summed E-state index contributed by atoms with van der Waals surface area (Å²) >= 11 is 0. The molecule has 1 aliphatic heterocycles. The molecule has 2 heterocycles. The van der Waals surface area contributed by atoms with E-state index in [1.807, 2.05) is 12.1 Å². The number of methoxy groups -OCH3 is 2. The third kappa shape index (κ3) is 3.04. The monoisotopic (exact) mass is 313 g/mol. The van der Waals surface area contributed by atoms with Crippen molar-refractivity contribution in [3.63, 3.8) is 0 Å². The highest BCUT2D eigenvalue weighted by molar-refractivity contribution is 5.67. The van der Waals surface area contributed by atoms with Gasteiger partial charge in [0.15, 0.2) is 11.5 Å². The number of nitrogens with zero attached hydrogens (tertiary/aromatic N) is 1. The van der Waals surface area contributed by atoms with E-state index in [1.54, 1.807) is 38.7 Å². The molecule has 1 aromatic heterocycles. The first-order chi connectivity index (χ1) is 11.6. The smallest absolute Gasteiger partial charge is 0.161 e. The van der Waals surface area contributed by atoms with Crippen molar-refractivity contribution in [2.24, 2.45) is 0 Å². The fourth-order valence-corrected chi connectivity index (χ4v) is 2.39. The number of allylic oxidation sites excluding steroid dienone is 2. The molecule has 5 heteroatoms. The zero-order valence-corrected chi connectivity index (χ0v) is 12.8. The Kier molecular flexibility index (Phi) is 3.92. The van der Waals surface area contributed by atoms with E-state index >= 15 is 0 Å². The van der Waals surface area contributed by atoms with E-state index < -0.39 is 11.8 Å². The van der Waals surface area contributed by atoms with Crippen LogP contribution in [0.2, 0.25) is 0 Å². The van der Waals surface area contributed by atoms with Gasteiger partial charge in [-0.25, -0.2) is 4.39 Å². The molecule has 0 bridgehead atoms. The van der Waals surface area contributed by atoms with E-state index in [4.69, 9.17) is 10.8 Å². The first kappa shape index (κ1) is 13.8. The maximum atomic E-state index is 14.2. The fourth-order valence-electron chi connectivity index (χ4n) is 2.39. The predicted octanol–water partition coefficient (Wildman–Crippen LogP) is 3.78. The molecule has 1 N–H and O–H groups in total. The van der Waals surface area contributed by atoms with Crippen LogP contribution >= 0.6 is 0 Å². The average Bonchev–Trinajstić information content (AvgIpc) is 2.63. The van der Waals surface area contributed by atoms with Crippen molar-refractivity contribution in [1.82, 2.24) is 10.3 Å². The lowest BCUT2D eigenvalue weighted by Gasteiger charge is -2.19. The zero-order chi connectivity index (χ0) is 17.2. The van der Waals surface area contributed by atoms with Gasteiger partial charge in [-0.05, 0) is 42.1 Å². The Morgan fingerprint density at radius 1 is 1.13 bits per heavy atom. The molecule has 3 rings (SSSR count). The van der Waals surface area contributed by atoms with Gasteiger partial charge < -0.3 is 14.8 Å². The van der Waals surface area contributed by atoms with Gasteiger partial charge in [0, 0.05) is 23.5 Å². The first-order valence-electron chi connectivity index (χ1n) is 7.57. The number of aromatic nitrogens is 1. The molecule has 118 valence electrons. The molecule has 2 aromatic rings. The number of hydrogen-bond acceptors (Lipinski definition) is 4. The Hall–Kier alpha value is -2.82. The maximum Gasteiger partial charge on any atom is 0.161 e. The van der Waals surface area contributed by atoms with Crippen LogP contribution in [0.25, 0.3) is 11.1 Å². The van der Waals surface area contributed by atoms with Gasteiger partial charge in [-0.15, -0.1) is 0 Å². The van der Waals surface area contributed by atoms with Crippen molar-refractivity contribution in [2.75, 3.05) is 14.2 Å². The summed E-state index contributed by atoms with van der Waals surface area (Å²) < 4.78 is 33.1. The Labute approximate surface area is 135 Å². The van der Waals surface area contributed by atoms with Crippen LogP contribution in [-0.4, -0.2) is 19.2 Å². The van der Waals surface area contributed by atoms with E-state index in [0.717, 1.165) is 11.1 Å². The molecule has 0 fully saturated rings. The number of halogens is 1. The van der Waals surface area contributed by atoms with Crippen LogP contribution in [0.3, 0.4) is 0 Å². The maximum absolute atomic E-state index is 14.2. The summed E-state index contributed by atoms with van der Waals surface area (Å²) in [5.74, 6) is 0.623. The molecule has 1 aliphatic rings. The number of ether oxygens (including phenoxy) is 2. The summed E-state index contributed by atoms with van der Waals surface area (Å²) in [5, 5.41) is 2.74. The SMILES string of the molecule is [2H]C1(c2cncc(-c3ccc(OC)c(OC)c3)c2)NC=CC=C1F. The van der Waals surface area contributed by atoms with Crippen LogP contribution in [0.5, 0.6) is 11.5 Å². The van der Waals surface area contributed by atoms with Crippen molar-refractivity contribution in [1.29, 1.82) is 0 Å². The highest BCUT2D eigenvalue weighted by Gasteiger charge is 2.18. The minimum Gasteiger partial charge on any atom is -0.493 e. The molecule has 0 saturated heterocycles. The molecule has 1 aromatic carbocycles. The van der Waals surface area contributed by atoms with Crippen LogP contribution in [0.1, 0.15) is 13.0 Å². The lowest BCUT2D eigenvalue weighted by atomic mass is 10.0. The van der Waals surface area contributed by atoms with Gasteiger partial charge in [0.25, 0.3) is 0 Å². The summed E-state index contributed by atoms with van der Waals surface area (Å²) in [5.41, 5.74) is 2.00. The van der Waals surface area contributed by atoms with Crippen molar-refractivity contribution in [2.45, 2.75) is 6.02 Å². The third-order valence-corrected chi connectivity index (χ3v) is 3.55. The van der Waals surface area contributed by atoms with Crippen LogP contribution in [0.4, 0.5) is 4.39 Å². The number of pyridine rings is 1. The highest BCUT2D eigenvalue weighted by Crippen LogP contribution is 2.33. The summed E-state index contributed by atoms with van der Waals surface area (Å²) in [6, 6.07) is 5.53. The van der Waals surface area contributed by atoms with Crippen molar-refractivity contribution in [3.8, 4) is 22.6 Å². The molecule has 4 nitrogen and oxygen atoms in total. The van der Waals surface area contributed by atoms with Gasteiger partial charge in [0.05, 0.1) is 15.6 Å². The number of nitrogens with one attached hydrogen (secondary N) is 1. The van der Waals surface area contributed by atoms with Gasteiger partial charge in [-0.3, -0.25) is 4.98 Å². The predicted molar refractivity (Wildman–Crippen MR) is 87.0 cm³/mol. The lowest BCUT2D eigenvalue weighted by Crippen LogP contribution is -2.18. The topological polar surface area (TPSA) is 43.4 Å². The summed E-state index contributed by atoms with van der Waals surface area (Å²) in [7, 11) is 3.13. The van der Waals surface area contributed by atoms with Crippen LogP contribution in [0.15, 0.2) is 60.8 Å². The molecule has 1 unspecified atom stereocenters. The van der Waals surface area contributed by atoms with Crippen LogP contribution in [-0.2, 0) is 0 Å². The van der Waals surface area contributed by atoms with E-state index in [9.17, 15) is 4.39 Å². The van der Waals surface area contributed by atoms with Gasteiger partial charge in [-0.1, -0.05) is 6.07 Å². The molecule has 23 heavy (non-hydrogen) atoms. The van der Waals surface area contributed by atoms with Gasteiger partial charge >= 0.3 is 0 Å². The fraction of sp³-hybridized carbons (Fsp3) is 0.167. The van der Waals surface area contributed by atoms with Gasteiger partial charge in [0.2, 0.25) is 0 Å². The largest absolute Gasteiger partial charge is 0.493 e. The molecule has 0 aliphatic carbocycles. The third-order valence-electron chi connectivity index (χ3n) is 3.55. The molecule has 0 amide bonds. The van der Waals surface area contributed by atoms with Crippen LogP contribution in [0, 0.1) is 0 Å².